The van der Waals surface area contributed by atoms with E-state index in [2.05, 4.69) is 0 Å². The molecular formula is C6H12N2. The molecule has 0 spiro atoms. The minimum atomic E-state index is 0.558. The molecule has 0 saturated carbocycles. The lowest BCUT2D eigenvalue weighted by molar-refractivity contribution is 0.676. The molecule has 8 heavy (non-hydrogen) atoms. The summed E-state index contributed by atoms with van der Waals surface area (Å²) in [5.41, 5.74) is 0. The molecule has 0 aliphatic heterocycles. The van der Waals surface area contributed by atoms with Gasteiger partial charge >= 0.3 is 0 Å². The second-order valence-electron chi connectivity index (χ2n) is 1.68. The Bertz CT molecular complexity index is 105. The third-order valence-electron chi connectivity index (χ3n) is 0.902. The minimum Gasteiger partial charge on any atom is -0.341 e. The summed E-state index contributed by atoms with van der Waals surface area (Å²) < 4.78 is 0. The van der Waals surface area contributed by atoms with Crippen molar-refractivity contribution in [2.24, 2.45) is 0 Å². The van der Waals surface area contributed by atoms with Crippen LogP contribution in [0.5, 0.6) is 0 Å². The van der Waals surface area contributed by atoms with Crippen molar-refractivity contribution in [1.82, 2.24) is 4.90 Å². The van der Waals surface area contributed by atoms with Crippen molar-refractivity contribution in [2.45, 2.75) is 13.8 Å². The summed E-state index contributed by atoms with van der Waals surface area (Å²) in [4.78, 5) is 1.75. The SMILES string of the molecule is C/C=C/N(C)C(C)=N. The molecule has 0 amide bonds. The van der Waals surface area contributed by atoms with Gasteiger partial charge in [0.1, 0.15) is 0 Å². The molecule has 0 atom stereocenters. The van der Waals surface area contributed by atoms with Crippen molar-refractivity contribution in [3.63, 3.8) is 0 Å². The molecule has 46 valence electrons. The van der Waals surface area contributed by atoms with E-state index >= 15 is 0 Å². The first-order valence-electron chi connectivity index (χ1n) is 2.59. The average Bonchev–Trinajstić information content (AvgIpc) is 1.67. The van der Waals surface area contributed by atoms with Crippen molar-refractivity contribution in [1.29, 1.82) is 5.41 Å². The van der Waals surface area contributed by atoms with Crippen molar-refractivity contribution >= 4 is 5.84 Å². The monoisotopic (exact) mass is 112 g/mol. The fraction of sp³-hybridized carbons (Fsp3) is 0.500. The smallest absolute Gasteiger partial charge is 0.0963 e. The standard InChI is InChI=1S/C6H12N2/c1-4-5-8(3)6(2)7/h4-5,7H,1-3H3/b5-4+,7-6?. The summed E-state index contributed by atoms with van der Waals surface area (Å²) in [6.07, 6.45) is 3.75. The summed E-state index contributed by atoms with van der Waals surface area (Å²) in [5.74, 6) is 0.558. The van der Waals surface area contributed by atoms with Crippen LogP contribution >= 0.6 is 0 Å². The largest absolute Gasteiger partial charge is 0.341 e. The molecule has 0 aromatic rings. The molecule has 0 aromatic carbocycles. The summed E-state index contributed by atoms with van der Waals surface area (Å²) in [6, 6.07) is 0. The van der Waals surface area contributed by atoms with Crippen LogP contribution in [0.15, 0.2) is 12.3 Å². The van der Waals surface area contributed by atoms with Gasteiger partial charge in [-0.3, -0.25) is 5.41 Å². The number of nitrogens with one attached hydrogen (secondary N) is 1. The third kappa shape index (κ3) is 2.39. The molecule has 0 bridgehead atoms. The molecule has 1 N–H and O–H groups in total. The molecule has 0 aliphatic rings. The molecule has 0 heterocycles. The summed E-state index contributed by atoms with van der Waals surface area (Å²) in [7, 11) is 1.85. The van der Waals surface area contributed by atoms with Gasteiger partial charge in [-0.25, -0.2) is 0 Å². The molecule has 0 unspecified atom stereocenters. The Hall–Kier alpha value is -0.790. The van der Waals surface area contributed by atoms with Crippen LogP contribution in [0.3, 0.4) is 0 Å². The van der Waals surface area contributed by atoms with Crippen LogP contribution < -0.4 is 0 Å². The molecule has 0 fully saturated rings. The topological polar surface area (TPSA) is 27.1 Å². The number of amidine groups is 1. The molecule has 0 saturated heterocycles. The third-order valence-corrected chi connectivity index (χ3v) is 0.902. The van der Waals surface area contributed by atoms with Gasteiger partial charge in [0.05, 0.1) is 5.84 Å². The Kier molecular flexibility index (Phi) is 2.92. The van der Waals surface area contributed by atoms with E-state index in [4.69, 9.17) is 5.41 Å². The molecule has 0 rings (SSSR count). The Morgan fingerprint density at radius 2 is 2.12 bits per heavy atom. The first-order valence-corrected chi connectivity index (χ1v) is 2.59. The Morgan fingerprint density at radius 1 is 1.62 bits per heavy atom. The van der Waals surface area contributed by atoms with Crippen molar-refractivity contribution in [3.05, 3.63) is 12.3 Å². The molecule has 0 aromatic heterocycles. The van der Waals surface area contributed by atoms with E-state index in [9.17, 15) is 0 Å². The predicted octanol–water partition coefficient (Wildman–Crippen LogP) is 1.45. The van der Waals surface area contributed by atoms with E-state index in [-0.39, 0.29) is 0 Å². The van der Waals surface area contributed by atoms with Gasteiger partial charge in [0.25, 0.3) is 0 Å². The molecular weight excluding hydrogens is 100 g/mol. The predicted molar refractivity (Wildman–Crippen MR) is 36.0 cm³/mol. The van der Waals surface area contributed by atoms with E-state index in [1.807, 2.05) is 26.2 Å². The maximum Gasteiger partial charge on any atom is 0.0963 e. The summed E-state index contributed by atoms with van der Waals surface area (Å²) >= 11 is 0. The number of hydrogen-bond acceptors (Lipinski definition) is 1. The van der Waals surface area contributed by atoms with Crippen molar-refractivity contribution < 1.29 is 0 Å². The molecule has 2 heteroatoms. The lowest BCUT2D eigenvalue weighted by atomic mass is 10.5. The van der Waals surface area contributed by atoms with Gasteiger partial charge in [0, 0.05) is 13.2 Å². The minimum absolute atomic E-state index is 0.558. The van der Waals surface area contributed by atoms with Crippen molar-refractivity contribution in [3.8, 4) is 0 Å². The average molecular weight is 112 g/mol. The van der Waals surface area contributed by atoms with E-state index in [1.165, 1.54) is 0 Å². The van der Waals surface area contributed by atoms with Crippen LogP contribution in [0, 0.1) is 5.41 Å². The lowest BCUT2D eigenvalue weighted by Crippen LogP contribution is -2.15. The number of rotatable bonds is 1. The summed E-state index contributed by atoms with van der Waals surface area (Å²) in [5, 5.41) is 7.08. The number of hydrogen-bond donors (Lipinski definition) is 1. The van der Waals surface area contributed by atoms with Crippen LogP contribution in [0.1, 0.15) is 13.8 Å². The highest BCUT2D eigenvalue weighted by Crippen LogP contribution is 1.83. The van der Waals surface area contributed by atoms with Gasteiger partial charge in [-0.1, -0.05) is 6.08 Å². The Morgan fingerprint density at radius 3 is 2.25 bits per heavy atom. The fourth-order valence-electron chi connectivity index (χ4n) is 0.335. The van der Waals surface area contributed by atoms with Gasteiger partial charge < -0.3 is 4.90 Å². The Balaban J connectivity index is 3.64. The van der Waals surface area contributed by atoms with Crippen LogP contribution in [-0.4, -0.2) is 17.8 Å². The number of allylic oxidation sites excluding steroid dienone is 1. The highest BCUT2D eigenvalue weighted by molar-refractivity contribution is 5.76. The first kappa shape index (κ1) is 7.21. The molecule has 2 nitrogen and oxygen atoms in total. The van der Waals surface area contributed by atoms with Gasteiger partial charge in [-0.2, -0.15) is 0 Å². The molecule has 0 radical (unpaired) electrons. The quantitative estimate of drug-likeness (QED) is 0.403. The zero-order valence-electron chi connectivity index (χ0n) is 5.60. The van der Waals surface area contributed by atoms with E-state index in [1.54, 1.807) is 11.8 Å². The maximum atomic E-state index is 7.08. The van der Waals surface area contributed by atoms with E-state index in [0.717, 1.165) is 0 Å². The highest BCUT2D eigenvalue weighted by atomic mass is 15.1. The lowest BCUT2D eigenvalue weighted by Gasteiger charge is -2.09. The van der Waals surface area contributed by atoms with Gasteiger partial charge in [0.2, 0.25) is 0 Å². The normalized spacial score (nSPS) is 9.88. The zero-order chi connectivity index (χ0) is 6.57. The van der Waals surface area contributed by atoms with Gasteiger partial charge in [0.15, 0.2) is 0 Å². The second kappa shape index (κ2) is 3.24. The highest BCUT2D eigenvalue weighted by Gasteiger charge is 1.87. The van der Waals surface area contributed by atoms with Gasteiger partial charge in [-0.05, 0) is 13.8 Å². The van der Waals surface area contributed by atoms with E-state index in [0.29, 0.717) is 5.84 Å². The first-order chi connectivity index (χ1) is 3.68. The summed E-state index contributed by atoms with van der Waals surface area (Å²) in [6.45, 7) is 3.68. The second-order valence-corrected chi connectivity index (χ2v) is 1.68. The molecule has 0 aliphatic carbocycles. The van der Waals surface area contributed by atoms with Crippen LogP contribution in [0.25, 0.3) is 0 Å². The van der Waals surface area contributed by atoms with Crippen molar-refractivity contribution in [2.75, 3.05) is 7.05 Å². The van der Waals surface area contributed by atoms with Crippen LogP contribution in [0.2, 0.25) is 0 Å². The fourth-order valence-corrected chi connectivity index (χ4v) is 0.335. The van der Waals surface area contributed by atoms with E-state index < -0.39 is 0 Å². The Labute approximate surface area is 50.3 Å². The maximum absolute atomic E-state index is 7.08. The van der Waals surface area contributed by atoms with Gasteiger partial charge in [-0.15, -0.1) is 0 Å². The van der Waals surface area contributed by atoms with Crippen LogP contribution in [0.4, 0.5) is 0 Å². The van der Waals surface area contributed by atoms with Crippen LogP contribution in [-0.2, 0) is 0 Å². The number of nitrogens with zero attached hydrogens (tertiary/aromatic N) is 1. The zero-order valence-corrected chi connectivity index (χ0v) is 5.60.